The molecule has 0 saturated carbocycles. The van der Waals surface area contributed by atoms with E-state index in [-0.39, 0.29) is 16.4 Å². The quantitative estimate of drug-likeness (QED) is 0.199. The molecule has 0 N–H and O–H groups in total. The van der Waals surface area contributed by atoms with Crippen molar-refractivity contribution in [3.05, 3.63) is 57.7 Å². The lowest BCUT2D eigenvalue weighted by atomic mass is 10.3. The fourth-order valence-electron chi connectivity index (χ4n) is 6.44. The van der Waals surface area contributed by atoms with Crippen LogP contribution in [0.4, 0.5) is 25.1 Å². The van der Waals surface area contributed by atoms with Crippen molar-refractivity contribution in [1.82, 2.24) is 63.7 Å². The summed E-state index contributed by atoms with van der Waals surface area (Å²) in [7, 11) is 3.72. The smallest absolute Gasteiger partial charge is 0.387 e. The number of hydrogen-bond donors (Lipinski definition) is 0. The van der Waals surface area contributed by atoms with E-state index in [4.69, 9.17) is 11.6 Å². The molecule has 2 fully saturated rings. The maximum absolute atomic E-state index is 13.4. The summed E-state index contributed by atoms with van der Waals surface area (Å²) >= 11 is 6.10. The monoisotopic (exact) mass is 755 g/mol. The summed E-state index contributed by atoms with van der Waals surface area (Å²) in [5, 5.41) is 18.1. The highest BCUT2D eigenvalue weighted by Gasteiger charge is 2.26. The van der Waals surface area contributed by atoms with Gasteiger partial charge >= 0.3 is 6.61 Å². The van der Waals surface area contributed by atoms with Crippen LogP contribution >= 0.6 is 11.6 Å². The van der Waals surface area contributed by atoms with Gasteiger partial charge < -0.3 is 14.5 Å². The molecule has 8 heterocycles. The maximum atomic E-state index is 13.4. The van der Waals surface area contributed by atoms with Gasteiger partial charge in [0, 0.05) is 71.7 Å². The molecular weight excluding hydrogens is 715 g/mol. The molecule has 0 radical (unpaired) electrons. The minimum Gasteiger partial charge on any atom is -0.431 e. The fourth-order valence-corrected chi connectivity index (χ4v) is 6.62. The van der Waals surface area contributed by atoms with Crippen LogP contribution in [0.25, 0.3) is 11.3 Å². The van der Waals surface area contributed by atoms with Crippen LogP contribution in [-0.4, -0.2) is 103 Å². The molecule has 2 saturated heterocycles. The second-order valence-electron chi connectivity index (χ2n) is 13.3. The zero-order chi connectivity index (χ0) is 37.4. The van der Waals surface area contributed by atoms with Gasteiger partial charge in [-0.2, -0.15) is 28.9 Å². The molecule has 1 unspecified atom stereocenters. The molecule has 16 nitrogen and oxygen atoms in total. The van der Waals surface area contributed by atoms with Gasteiger partial charge in [-0.1, -0.05) is 11.6 Å². The van der Waals surface area contributed by atoms with E-state index in [1.54, 1.807) is 22.5 Å². The number of nitrogens with zero attached hydrogens (tertiary/aromatic N) is 15. The van der Waals surface area contributed by atoms with E-state index >= 15 is 0 Å². The number of halogens is 4. The Balaban J connectivity index is 0.000000165. The summed E-state index contributed by atoms with van der Waals surface area (Å²) < 4.78 is 50.1. The van der Waals surface area contributed by atoms with Crippen molar-refractivity contribution in [3.8, 4) is 5.75 Å². The second-order valence-corrected chi connectivity index (χ2v) is 13.7. The largest absolute Gasteiger partial charge is 0.431 e. The zero-order valence-electron chi connectivity index (χ0n) is 30.2. The second kappa shape index (κ2) is 15.1. The third kappa shape index (κ3) is 7.84. The van der Waals surface area contributed by atoms with Crippen LogP contribution in [0.5, 0.6) is 5.75 Å². The third-order valence-electron chi connectivity index (χ3n) is 9.39. The average molecular weight is 756 g/mol. The van der Waals surface area contributed by atoms with Crippen LogP contribution in [-0.2, 0) is 39.8 Å². The van der Waals surface area contributed by atoms with Gasteiger partial charge in [0.1, 0.15) is 17.8 Å². The normalized spacial score (nSPS) is 16.1. The SMILES string of the molecule is Cc1c(Cl)cc(OC(F)F)c2nc(CCc3nc(N4CCCC4)nn3C)nn12.Cc1ncc(C)n2nc(CCc3nc(N4CCC(F)C4)nn3C)nc12. The summed E-state index contributed by atoms with van der Waals surface area (Å²) in [5.74, 6) is 4.18. The van der Waals surface area contributed by atoms with Gasteiger partial charge in [0.25, 0.3) is 0 Å². The number of fused-ring (bicyclic) bond motifs is 2. The van der Waals surface area contributed by atoms with Crippen LogP contribution in [0.1, 0.15) is 59.6 Å². The lowest BCUT2D eigenvalue weighted by Gasteiger charge is -2.10. The first-order valence-electron chi connectivity index (χ1n) is 17.5. The minimum absolute atomic E-state index is 0.0978. The van der Waals surface area contributed by atoms with Crippen molar-refractivity contribution in [2.24, 2.45) is 14.1 Å². The van der Waals surface area contributed by atoms with Crippen molar-refractivity contribution >= 4 is 34.8 Å². The van der Waals surface area contributed by atoms with Gasteiger partial charge in [-0.3, -0.25) is 14.3 Å². The molecule has 2 aliphatic rings. The van der Waals surface area contributed by atoms with E-state index in [1.807, 2.05) is 37.4 Å². The van der Waals surface area contributed by atoms with Crippen LogP contribution < -0.4 is 14.5 Å². The van der Waals surface area contributed by atoms with Crippen LogP contribution in [0.2, 0.25) is 5.02 Å². The Morgan fingerprint density at radius 1 is 0.792 bits per heavy atom. The van der Waals surface area contributed by atoms with Crippen LogP contribution in [0.15, 0.2) is 12.3 Å². The average Bonchev–Trinajstić information content (AvgIpc) is 3.96. The molecule has 53 heavy (non-hydrogen) atoms. The molecule has 0 spiro atoms. The molecule has 0 amide bonds. The molecule has 8 rings (SSSR count). The third-order valence-corrected chi connectivity index (χ3v) is 9.78. The molecule has 0 aromatic carbocycles. The summed E-state index contributed by atoms with van der Waals surface area (Å²) in [6, 6.07) is 1.34. The standard InChI is InChI=1S/C17H20ClF2N7O.C16H21FN8/c1-10-11(18)9-12(28-16(19)20)15-21-13(23-27(10)15)5-6-14-22-17(24-25(14)2)26-7-3-4-8-26;1-10-8-18-11(2)15-19-13(21-25(10)15)4-5-14-20-16(22-23(14)3)24-7-6-12(17)9-24/h9,16H,3-8H2,1-2H3;8,12H,4-7,9H2,1-3H3. The molecule has 0 aliphatic carbocycles. The highest BCUT2D eigenvalue weighted by molar-refractivity contribution is 6.31. The van der Waals surface area contributed by atoms with E-state index < -0.39 is 12.8 Å². The first kappa shape index (κ1) is 36.3. The van der Waals surface area contributed by atoms with Crippen molar-refractivity contribution in [2.45, 2.75) is 78.5 Å². The number of rotatable bonds is 10. The van der Waals surface area contributed by atoms with Gasteiger partial charge in [0.05, 0.1) is 28.6 Å². The number of hydrogen-bond acceptors (Lipinski definition) is 12. The van der Waals surface area contributed by atoms with E-state index in [2.05, 4.69) is 55.0 Å². The number of alkyl halides is 3. The van der Waals surface area contributed by atoms with E-state index in [1.165, 1.54) is 10.6 Å². The first-order chi connectivity index (χ1) is 25.4. The van der Waals surface area contributed by atoms with Gasteiger partial charge in [-0.15, -0.1) is 10.2 Å². The van der Waals surface area contributed by atoms with Crippen molar-refractivity contribution in [1.29, 1.82) is 0 Å². The van der Waals surface area contributed by atoms with Crippen molar-refractivity contribution in [3.63, 3.8) is 0 Å². The Morgan fingerprint density at radius 2 is 1.40 bits per heavy atom. The molecule has 20 heteroatoms. The number of ether oxygens (including phenoxy) is 1. The molecule has 6 aromatic rings. The fraction of sp³-hybridized carbons (Fsp3) is 0.545. The lowest BCUT2D eigenvalue weighted by molar-refractivity contribution is -0.0491. The molecular formula is C33H41ClF3N15O. The van der Waals surface area contributed by atoms with Crippen molar-refractivity contribution in [2.75, 3.05) is 36.0 Å². The van der Waals surface area contributed by atoms with Gasteiger partial charge in [-0.05, 0) is 40.0 Å². The molecule has 0 bridgehead atoms. The Morgan fingerprint density at radius 3 is 1.98 bits per heavy atom. The Hall–Kier alpha value is -5.07. The summed E-state index contributed by atoms with van der Waals surface area (Å²) in [6.45, 7) is 5.66. The summed E-state index contributed by atoms with van der Waals surface area (Å²) in [4.78, 5) is 26.5. The number of aromatic nitrogens is 13. The Kier molecular flexibility index (Phi) is 10.4. The highest BCUT2D eigenvalue weighted by atomic mass is 35.5. The molecule has 1 atom stereocenters. The van der Waals surface area contributed by atoms with E-state index in [9.17, 15) is 13.2 Å². The molecule has 282 valence electrons. The predicted molar refractivity (Wildman–Crippen MR) is 190 cm³/mol. The Labute approximate surface area is 308 Å². The van der Waals surface area contributed by atoms with Gasteiger partial charge in [0.15, 0.2) is 28.7 Å². The molecule has 6 aromatic heterocycles. The van der Waals surface area contributed by atoms with Gasteiger partial charge in [0.2, 0.25) is 11.9 Å². The highest BCUT2D eigenvalue weighted by Crippen LogP contribution is 2.28. The van der Waals surface area contributed by atoms with Crippen molar-refractivity contribution < 1.29 is 17.9 Å². The summed E-state index contributed by atoms with van der Waals surface area (Å²) in [6.07, 6.45) is 6.28. The Bertz CT molecular complexity index is 2190. The number of aryl methyl sites for hydroxylation is 9. The van der Waals surface area contributed by atoms with E-state index in [0.29, 0.717) is 62.7 Å². The number of pyridine rings is 1. The van der Waals surface area contributed by atoms with E-state index in [0.717, 1.165) is 66.4 Å². The van der Waals surface area contributed by atoms with Crippen LogP contribution in [0.3, 0.4) is 0 Å². The lowest BCUT2D eigenvalue weighted by Crippen LogP contribution is -2.21. The first-order valence-corrected chi connectivity index (χ1v) is 17.9. The minimum atomic E-state index is -2.97. The molecule has 2 aliphatic heterocycles. The predicted octanol–water partition coefficient (Wildman–Crippen LogP) is 4.01. The summed E-state index contributed by atoms with van der Waals surface area (Å²) in [5.41, 5.74) is 3.43. The van der Waals surface area contributed by atoms with Crippen LogP contribution in [0, 0.1) is 20.8 Å². The van der Waals surface area contributed by atoms with Gasteiger partial charge in [-0.25, -0.2) is 23.4 Å². The maximum Gasteiger partial charge on any atom is 0.387 e. The zero-order valence-corrected chi connectivity index (χ0v) is 31.0. The topological polar surface area (TPSA) is 150 Å². The number of anilines is 2.